The molecule has 126 valence electrons. The lowest BCUT2D eigenvalue weighted by Crippen LogP contribution is -2.44. The molecule has 4 nitrogen and oxygen atoms in total. The molecule has 1 aromatic carbocycles. The van der Waals surface area contributed by atoms with E-state index in [4.69, 9.17) is 0 Å². The number of amides is 2. The lowest BCUT2D eigenvalue weighted by Gasteiger charge is -2.27. The molecular formula is C19H28N2O2. The van der Waals surface area contributed by atoms with Gasteiger partial charge in [-0.2, -0.15) is 0 Å². The van der Waals surface area contributed by atoms with E-state index < -0.39 is 0 Å². The van der Waals surface area contributed by atoms with Gasteiger partial charge in [-0.3, -0.25) is 9.59 Å². The monoisotopic (exact) mass is 316 g/mol. The van der Waals surface area contributed by atoms with Crippen LogP contribution in [0.25, 0.3) is 0 Å². The summed E-state index contributed by atoms with van der Waals surface area (Å²) in [6, 6.07) is 8.06. The van der Waals surface area contributed by atoms with Crippen LogP contribution in [0.2, 0.25) is 0 Å². The molecule has 1 aliphatic heterocycles. The van der Waals surface area contributed by atoms with Gasteiger partial charge in [0.05, 0.1) is 12.5 Å². The Labute approximate surface area is 139 Å². The van der Waals surface area contributed by atoms with Gasteiger partial charge < -0.3 is 10.2 Å². The largest absolute Gasteiger partial charge is 0.346 e. The Morgan fingerprint density at radius 3 is 2.26 bits per heavy atom. The minimum absolute atomic E-state index is 0.0319. The average Bonchev–Trinajstić information content (AvgIpc) is 2.55. The molecule has 1 N–H and O–H groups in total. The summed E-state index contributed by atoms with van der Waals surface area (Å²) in [4.78, 5) is 26.6. The van der Waals surface area contributed by atoms with Crippen molar-refractivity contribution < 1.29 is 9.59 Å². The molecular weight excluding hydrogens is 288 g/mol. The van der Waals surface area contributed by atoms with E-state index in [-0.39, 0.29) is 30.2 Å². The molecule has 1 atom stereocenters. The Bertz CT molecular complexity index is 531. The third kappa shape index (κ3) is 4.81. The summed E-state index contributed by atoms with van der Waals surface area (Å²) in [7, 11) is 0. The maximum atomic E-state index is 12.6. The van der Waals surface area contributed by atoms with Crippen LogP contribution in [-0.4, -0.2) is 36.3 Å². The van der Waals surface area contributed by atoms with E-state index in [0.717, 1.165) is 31.5 Å². The summed E-state index contributed by atoms with van der Waals surface area (Å²) in [5.41, 5.74) is 2.19. The molecule has 4 heteroatoms. The number of carbonyl (C=O) groups excluding carboxylic acids is 2. The van der Waals surface area contributed by atoms with Crippen LogP contribution in [0.1, 0.15) is 50.2 Å². The zero-order valence-corrected chi connectivity index (χ0v) is 14.5. The smallest absolute Gasteiger partial charge is 0.241 e. The lowest BCUT2D eigenvalue weighted by atomic mass is 9.87. The van der Waals surface area contributed by atoms with Crippen LogP contribution in [0.15, 0.2) is 24.3 Å². The number of benzene rings is 1. The third-order valence-electron chi connectivity index (χ3n) is 4.51. The fourth-order valence-corrected chi connectivity index (χ4v) is 3.14. The Morgan fingerprint density at radius 2 is 1.70 bits per heavy atom. The zero-order valence-electron chi connectivity index (χ0n) is 14.5. The van der Waals surface area contributed by atoms with E-state index in [1.165, 1.54) is 12.0 Å². The van der Waals surface area contributed by atoms with Crippen molar-refractivity contribution in [2.24, 2.45) is 5.92 Å². The molecule has 0 radical (unpaired) electrons. The molecule has 23 heavy (non-hydrogen) atoms. The highest BCUT2D eigenvalue weighted by Gasteiger charge is 2.25. The zero-order chi connectivity index (χ0) is 16.8. The van der Waals surface area contributed by atoms with E-state index in [0.29, 0.717) is 0 Å². The lowest BCUT2D eigenvalue weighted by molar-refractivity contribution is -0.134. The van der Waals surface area contributed by atoms with Crippen molar-refractivity contribution in [1.29, 1.82) is 0 Å². The van der Waals surface area contributed by atoms with Gasteiger partial charge in [-0.25, -0.2) is 0 Å². The van der Waals surface area contributed by atoms with E-state index in [1.807, 2.05) is 49.9 Å². The van der Waals surface area contributed by atoms with Gasteiger partial charge in [-0.05, 0) is 37.7 Å². The van der Waals surface area contributed by atoms with Gasteiger partial charge in [0.1, 0.15) is 0 Å². The predicted octanol–water partition coefficient (Wildman–Crippen LogP) is 2.86. The number of piperidine rings is 1. The van der Waals surface area contributed by atoms with Crippen molar-refractivity contribution in [2.75, 3.05) is 19.6 Å². The van der Waals surface area contributed by atoms with E-state index in [2.05, 4.69) is 5.32 Å². The van der Waals surface area contributed by atoms with Crippen LogP contribution in [0.4, 0.5) is 0 Å². The summed E-state index contributed by atoms with van der Waals surface area (Å²) >= 11 is 0. The maximum Gasteiger partial charge on any atom is 0.241 e. The van der Waals surface area contributed by atoms with Crippen molar-refractivity contribution in [3.05, 3.63) is 35.4 Å². The van der Waals surface area contributed by atoms with Crippen LogP contribution in [-0.2, 0) is 9.59 Å². The van der Waals surface area contributed by atoms with Gasteiger partial charge in [0.15, 0.2) is 0 Å². The first-order chi connectivity index (χ1) is 11.0. The number of nitrogens with one attached hydrogen (secondary N) is 1. The van der Waals surface area contributed by atoms with Crippen molar-refractivity contribution in [2.45, 2.75) is 46.0 Å². The standard InChI is InChI=1S/C19H28N2O2/c1-14(2)18(16-9-7-15(3)8-10-16)19(23)20-13-17(22)21-11-5-4-6-12-21/h7-10,14,18H,4-6,11-13H2,1-3H3,(H,20,23). The predicted molar refractivity (Wildman–Crippen MR) is 92.2 cm³/mol. The van der Waals surface area contributed by atoms with Crippen LogP contribution in [0.3, 0.4) is 0 Å². The SMILES string of the molecule is Cc1ccc(C(C(=O)NCC(=O)N2CCCCC2)C(C)C)cc1. The Hall–Kier alpha value is -1.84. The van der Waals surface area contributed by atoms with Crippen molar-refractivity contribution in [3.8, 4) is 0 Å². The third-order valence-corrected chi connectivity index (χ3v) is 4.51. The van der Waals surface area contributed by atoms with Gasteiger partial charge in [-0.1, -0.05) is 43.7 Å². The Kier molecular flexibility index (Phi) is 6.20. The summed E-state index contributed by atoms with van der Waals surface area (Å²) in [6.07, 6.45) is 3.33. The number of likely N-dealkylation sites (tertiary alicyclic amines) is 1. The van der Waals surface area contributed by atoms with Gasteiger partial charge in [0.2, 0.25) is 11.8 Å². The number of carbonyl (C=O) groups is 2. The van der Waals surface area contributed by atoms with Gasteiger partial charge in [-0.15, -0.1) is 0 Å². The fraction of sp³-hybridized carbons (Fsp3) is 0.579. The first-order valence-corrected chi connectivity index (χ1v) is 8.61. The molecule has 2 amide bonds. The number of nitrogens with zero attached hydrogens (tertiary/aromatic N) is 1. The summed E-state index contributed by atoms with van der Waals surface area (Å²) in [5.74, 6) is -0.0637. The van der Waals surface area contributed by atoms with Crippen LogP contribution in [0, 0.1) is 12.8 Å². The molecule has 0 aliphatic carbocycles. The highest BCUT2D eigenvalue weighted by atomic mass is 16.2. The first kappa shape index (κ1) is 17.5. The van der Waals surface area contributed by atoms with E-state index in [1.54, 1.807) is 0 Å². The molecule has 1 aromatic rings. The molecule has 0 spiro atoms. The van der Waals surface area contributed by atoms with Crippen LogP contribution < -0.4 is 5.32 Å². The number of hydrogen-bond acceptors (Lipinski definition) is 2. The first-order valence-electron chi connectivity index (χ1n) is 8.61. The molecule has 1 fully saturated rings. The molecule has 2 rings (SSSR count). The molecule has 1 saturated heterocycles. The van der Waals surface area contributed by atoms with E-state index in [9.17, 15) is 9.59 Å². The highest BCUT2D eigenvalue weighted by Crippen LogP contribution is 2.25. The second-order valence-electron chi connectivity index (χ2n) is 6.79. The van der Waals surface area contributed by atoms with Crippen LogP contribution in [0.5, 0.6) is 0 Å². The quantitative estimate of drug-likeness (QED) is 0.908. The normalized spacial score (nSPS) is 16.3. The maximum absolute atomic E-state index is 12.6. The van der Waals surface area contributed by atoms with Crippen molar-refractivity contribution >= 4 is 11.8 Å². The molecule has 0 aromatic heterocycles. The minimum atomic E-state index is -0.218. The molecule has 0 bridgehead atoms. The molecule has 0 saturated carbocycles. The molecule has 1 unspecified atom stereocenters. The number of hydrogen-bond donors (Lipinski definition) is 1. The van der Waals surface area contributed by atoms with Gasteiger partial charge in [0, 0.05) is 13.1 Å². The molecule has 1 aliphatic rings. The fourth-order valence-electron chi connectivity index (χ4n) is 3.14. The topological polar surface area (TPSA) is 49.4 Å². The summed E-state index contributed by atoms with van der Waals surface area (Å²) in [6.45, 7) is 7.85. The van der Waals surface area contributed by atoms with Crippen LogP contribution >= 0.6 is 0 Å². The minimum Gasteiger partial charge on any atom is -0.346 e. The second kappa shape index (κ2) is 8.14. The number of rotatable bonds is 5. The van der Waals surface area contributed by atoms with Crippen molar-refractivity contribution in [3.63, 3.8) is 0 Å². The van der Waals surface area contributed by atoms with Crippen molar-refractivity contribution in [1.82, 2.24) is 10.2 Å². The number of aryl methyl sites for hydroxylation is 1. The second-order valence-corrected chi connectivity index (χ2v) is 6.79. The summed E-state index contributed by atoms with van der Waals surface area (Å²) in [5, 5.41) is 2.84. The Morgan fingerprint density at radius 1 is 1.09 bits per heavy atom. The highest BCUT2D eigenvalue weighted by molar-refractivity contribution is 5.88. The molecule has 1 heterocycles. The Balaban J connectivity index is 1.95. The summed E-state index contributed by atoms with van der Waals surface area (Å²) < 4.78 is 0. The van der Waals surface area contributed by atoms with E-state index >= 15 is 0 Å². The van der Waals surface area contributed by atoms with Gasteiger partial charge >= 0.3 is 0 Å². The average molecular weight is 316 g/mol. The van der Waals surface area contributed by atoms with Gasteiger partial charge in [0.25, 0.3) is 0 Å².